The maximum absolute atomic E-state index is 13.1. The van der Waals surface area contributed by atoms with Gasteiger partial charge < -0.3 is 20.4 Å². The van der Waals surface area contributed by atoms with Crippen LogP contribution < -0.4 is 15.5 Å². The maximum atomic E-state index is 13.1. The van der Waals surface area contributed by atoms with Crippen LogP contribution in [0.3, 0.4) is 0 Å². The summed E-state index contributed by atoms with van der Waals surface area (Å²) in [5.74, 6) is 0.00509. The molecule has 2 N–H and O–H groups in total. The molecule has 1 aromatic carbocycles. The third-order valence-electron chi connectivity index (χ3n) is 6.33. The van der Waals surface area contributed by atoms with Crippen molar-refractivity contribution in [1.29, 1.82) is 0 Å². The molecule has 1 saturated heterocycles. The SMILES string of the molecule is CCCCC(CC)C(=O)Nc1ccc(N2CCCC2)c(C(=O)NCCN(CC)CC)c1. The van der Waals surface area contributed by atoms with E-state index in [1.165, 1.54) is 0 Å². The minimum Gasteiger partial charge on any atom is -0.371 e. The van der Waals surface area contributed by atoms with Gasteiger partial charge in [-0.2, -0.15) is 0 Å². The minimum absolute atomic E-state index is 0.0181. The van der Waals surface area contributed by atoms with E-state index in [0.717, 1.165) is 76.9 Å². The van der Waals surface area contributed by atoms with Crippen LogP contribution in [0.4, 0.5) is 11.4 Å². The van der Waals surface area contributed by atoms with Crippen molar-refractivity contribution in [2.45, 2.75) is 66.2 Å². The molecular formula is C25H42N4O2. The van der Waals surface area contributed by atoms with Crippen LogP contribution in [-0.2, 0) is 4.79 Å². The average molecular weight is 431 g/mol. The number of anilines is 2. The van der Waals surface area contributed by atoms with Crippen molar-refractivity contribution < 1.29 is 9.59 Å². The molecule has 1 heterocycles. The topological polar surface area (TPSA) is 64.7 Å². The number of likely N-dealkylation sites (N-methyl/N-ethyl adjacent to an activating group) is 1. The van der Waals surface area contributed by atoms with Gasteiger partial charge >= 0.3 is 0 Å². The van der Waals surface area contributed by atoms with E-state index >= 15 is 0 Å². The molecule has 0 aliphatic carbocycles. The van der Waals surface area contributed by atoms with E-state index in [1.807, 2.05) is 18.2 Å². The molecule has 2 rings (SSSR count). The van der Waals surface area contributed by atoms with E-state index in [0.29, 0.717) is 17.8 Å². The Morgan fingerprint density at radius 2 is 1.81 bits per heavy atom. The van der Waals surface area contributed by atoms with Crippen LogP contribution >= 0.6 is 0 Å². The van der Waals surface area contributed by atoms with Crippen molar-refractivity contribution in [2.75, 3.05) is 49.5 Å². The molecule has 1 aromatic rings. The minimum atomic E-state index is -0.0665. The van der Waals surface area contributed by atoms with E-state index < -0.39 is 0 Å². The molecule has 2 amide bonds. The zero-order chi connectivity index (χ0) is 22.6. The fourth-order valence-electron chi connectivity index (χ4n) is 4.21. The summed E-state index contributed by atoms with van der Waals surface area (Å²) < 4.78 is 0. The van der Waals surface area contributed by atoms with E-state index in [4.69, 9.17) is 0 Å². The second-order valence-corrected chi connectivity index (χ2v) is 8.45. The predicted molar refractivity (Wildman–Crippen MR) is 130 cm³/mol. The Kier molecular flexibility index (Phi) is 10.9. The highest BCUT2D eigenvalue weighted by Crippen LogP contribution is 2.28. The van der Waals surface area contributed by atoms with Crippen LogP contribution in [0.5, 0.6) is 0 Å². The van der Waals surface area contributed by atoms with Gasteiger partial charge in [0, 0.05) is 43.5 Å². The summed E-state index contributed by atoms with van der Waals surface area (Å²) in [6, 6.07) is 5.78. The molecule has 31 heavy (non-hydrogen) atoms. The number of carbonyl (C=O) groups is 2. The third-order valence-corrected chi connectivity index (χ3v) is 6.33. The van der Waals surface area contributed by atoms with Crippen molar-refractivity contribution in [1.82, 2.24) is 10.2 Å². The molecule has 0 radical (unpaired) electrons. The molecule has 1 fully saturated rings. The van der Waals surface area contributed by atoms with Gasteiger partial charge in [0.1, 0.15) is 0 Å². The Morgan fingerprint density at radius 3 is 2.42 bits per heavy atom. The van der Waals surface area contributed by atoms with Crippen molar-refractivity contribution >= 4 is 23.2 Å². The number of hydrogen-bond donors (Lipinski definition) is 2. The van der Waals surface area contributed by atoms with Gasteiger partial charge in [-0.25, -0.2) is 0 Å². The number of hydrogen-bond acceptors (Lipinski definition) is 4. The normalized spacial score (nSPS) is 14.7. The Bertz CT molecular complexity index is 697. The number of nitrogens with one attached hydrogen (secondary N) is 2. The largest absolute Gasteiger partial charge is 0.371 e. The second kappa shape index (κ2) is 13.4. The zero-order valence-electron chi connectivity index (χ0n) is 20.0. The fraction of sp³-hybridized carbons (Fsp3) is 0.680. The molecule has 0 bridgehead atoms. The van der Waals surface area contributed by atoms with Crippen LogP contribution in [0.15, 0.2) is 18.2 Å². The summed E-state index contributed by atoms with van der Waals surface area (Å²) in [6.45, 7) is 13.8. The van der Waals surface area contributed by atoms with Crippen LogP contribution in [0.2, 0.25) is 0 Å². The van der Waals surface area contributed by atoms with Crippen molar-refractivity contribution in [3.63, 3.8) is 0 Å². The summed E-state index contributed by atoms with van der Waals surface area (Å²) in [7, 11) is 0. The highest BCUT2D eigenvalue weighted by Gasteiger charge is 2.22. The van der Waals surface area contributed by atoms with Gasteiger partial charge in [0.2, 0.25) is 5.91 Å². The predicted octanol–water partition coefficient (Wildman–Crippen LogP) is 4.51. The van der Waals surface area contributed by atoms with Gasteiger partial charge in [-0.3, -0.25) is 9.59 Å². The summed E-state index contributed by atoms with van der Waals surface area (Å²) in [6.07, 6.45) is 6.18. The van der Waals surface area contributed by atoms with Crippen molar-refractivity contribution in [3.05, 3.63) is 23.8 Å². The van der Waals surface area contributed by atoms with E-state index in [2.05, 4.69) is 48.1 Å². The van der Waals surface area contributed by atoms with Crippen LogP contribution in [0, 0.1) is 5.92 Å². The van der Waals surface area contributed by atoms with Gasteiger partial charge in [-0.1, -0.05) is 40.5 Å². The van der Waals surface area contributed by atoms with Gasteiger partial charge in [0.15, 0.2) is 0 Å². The number of nitrogens with zero attached hydrogens (tertiary/aromatic N) is 2. The second-order valence-electron chi connectivity index (χ2n) is 8.45. The summed E-state index contributed by atoms with van der Waals surface area (Å²) in [5, 5.41) is 6.15. The highest BCUT2D eigenvalue weighted by atomic mass is 16.2. The van der Waals surface area contributed by atoms with Gasteiger partial charge in [0.05, 0.1) is 5.56 Å². The smallest absolute Gasteiger partial charge is 0.253 e. The lowest BCUT2D eigenvalue weighted by Gasteiger charge is -2.23. The quantitative estimate of drug-likeness (QED) is 0.483. The first-order valence-electron chi connectivity index (χ1n) is 12.2. The van der Waals surface area contributed by atoms with Gasteiger partial charge in [0.25, 0.3) is 5.91 Å². The fourth-order valence-corrected chi connectivity index (χ4v) is 4.21. The molecule has 1 aliphatic rings. The number of amides is 2. The lowest BCUT2D eigenvalue weighted by atomic mass is 9.98. The van der Waals surface area contributed by atoms with Crippen molar-refractivity contribution in [2.24, 2.45) is 5.92 Å². The lowest BCUT2D eigenvalue weighted by Crippen LogP contribution is -2.35. The third kappa shape index (κ3) is 7.53. The van der Waals surface area contributed by atoms with E-state index in [9.17, 15) is 9.59 Å². The highest BCUT2D eigenvalue weighted by molar-refractivity contribution is 6.02. The lowest BCUT2D eigenvalue weighted by molar-refractivity contribution is -0.120. The molecular weight excluding hydrogens is 388 g/mol. The standard InChI is InChI=1S/C25H42N4O2/c1-5-9-12-20(6-2)24(30)27-21-13-14-23(29-16-10-11-17-29)22(19-21)25(31)26-15-18-28(7-3)8-4/h13-14,19-20H,5-12,15-18H2,1-4H3,(H,26,31)(H,27,30). The Balaban J connectivity index is 2.14. The van der Waals surface area contributed by atoms with Gasteiger partial charge in [-0.15, -0.1) is 0 Å². The Morgan fingerprint density at radius 1 is 1.10 bits per heavy atom. The zero-order valence-corrected chi connectivity index (χ0v) is 20.0. The molecule has 6 heteroatoms. The summed E-state index contributed by atoms with van der Waals surface area (Å²) >= 11 is 0. The molecule has 0 saturated carbocycles. The van der Waals surface area contributed by atoms with Gasteiger partial charge in [-0.05, 0) is 57.0 Å². The number of unbranched alkanes of at least 4 members (excludes halogenated alkanes) is 1. The van der Waals surface area contributed by atoms with Crippen LogP contribution in [0.1, 0.15) is 76.6 Å². The number of carbonyl (C=O) groups excluding carboxylic acids is 2. The van der Waals surface area contributed by atoms with E-state index in [-0.39, 0.29) is 17.7 Å². The Hall–Kier alpha value is -2.08. The molecule has 1 unspecified atom stereocenters. The maximum Gasteiger partial charge on any atom is 0.253 e. The molecule has 0 spiro atoms. The Labute approximate surface area is 188 Å². The van der Waals surface area contributed by atoms with E-state index in [1.54, 1.807) is 0 Å². The first kappa shape index (κ1) is 25.2. The van der Waals surface area contributed by atoms with Crippen LogP contribution in [0.25, 0.3) is 0 Å². The molecule has 6 nitrogen and oxygen atoms in total. The van der Waals surface area contributed by atoms with Crippen molar-refractivity contribution in [3.8, 4) is 0 Å². The molecule has 0 aromatic heterocycles. The monoisotopic (exact) mass is 430 g/mol. The molecule has 1 aliphatic heterocycles. The number of benzene rings is 1. The van der Waals surface area contributed by atoms with Crippen LogP contribution in [-0.4, -0.2) is 56.0 Å². The first-order valence-corrected chi connectivity index (χ1v) is 12.2. The summed E-state index contributed by atoms with van der Waals surface area (Å²) in [4.78, 5) is 30.4. The number of rotatable bonds is 13. The summed E-state index contributed by atoms with van der Waals surface area (Å²) in [5.41, 5.74) is 2.33. The average Bonchev–Trinajstić information content (AvgIpc) is 3.32. The first-order chi connectivity index (χ1) is 15.0. The molecule has 1 atom stereocenters. The molecule has 174 valence electrons.